The number of likely N-dealkylation sites (N-methyl/N-ethyl adjacent to an activating group) is 1. The van der Waals surface area contributed by atoms with E-state index in [-0.39, 0.29) is 16.2 Å². The molecule has 0 unspecified atom stereocenters. The van der Waals surface area contributed by atoms with Crippen molar-refractivity contribution in [1.29, 1.82) is 0 Å². The van der Waals surface area contributed by atoms with E-state index in [1.165, 1.54) is 11.1 Å². The normalized spacial score (nSPS) is 16.8. The van der Waals surface area contributed by atoms with Crippen molar-refractivity contribution in [3.05, 3.63) is 21.6 Å². The zero-order chi connectivity index (χ0) is 15.5. The maximum atomic E-state index is 12.2. The van der Waals surface area contributed by atoms with Crippen LogP contribution in [0.25, 0.3) is 0 Å². The van der Waals surface area contributed by atoms with Crippen LogP contribution in [-0.4, -0.2) is 54.6 Å². The predicted molar refractivity (Wildman–Crippen MR) is 84.1 cm³/mol. The molecule has 0 atom stereocenters. The lowest BCUT2D eigenvalue weighted by Crippen LogP contribution is -2.45. The van der Waals surface area contributed by atoms with Gasteiger partial charge in [0.25, 0.3) is 5.56 Å². The summed E-state index contributed by atoms with van der Waals surface area (Å²) < 4.78 is 6.93. The fourth-order valence-electron chi connectivity index (χ4n) is 2.32. The first-order valence-corrected chi connectivity index (χ1v) is 7.55. The van der Waals surface area contributed by atoms with Gasteiger partial charge in [0.15, 0.2) is 0 Å². The lowest BCUT2D eigenvalue weighted by atomic mass is 9.80. The molecule has 6 nitrogen and oxygen atoms in total. The standard InChI is InChI=1S/C14H23ClN4O2/c1-18(2)7-8-19-13(20)12(15)11(9-17-19)16-10-14(21-3)5-4-6-14/h9,16H,4-8,10H2,1-3H3. The summed E-state index contributed by atoms with van der Waals surface area (Å²) in [4.78, 5) is 14.2. The van der Waals surface area contributed by atoms with E-state index in [0.29, 0.717) is 18.8 Å². The van der Waals surface area contributed by atoms with Gasteiger partial charge in [-0.3, -0.25) is 4.79 Å². The maximum Gasteiger partial charge on any atom is 0.287 e. The number of hydrogen-bond acceptors (Lipinski definition) is 5. The number of hydrogen-bond donors (Lipinski definition) is 1. The molecule has 0 aromatic carbocycles. The van der Waals surface area contributed by atoms with Crippen LogP contribution in [0.4, 0.5) is 5.69 Å². The third kappa shape index (κ3) is 3.75. The molecule has 0 spiro atoms. The monoisotopic (exact) mass is 314 g/mol. The van der Waals surface area contributed by atoms with Crippen LogP contribution in [0, 0.1) is 0 Å². The minimum Gasteiger partial charge on any atom is -0.379 e. The van der Waals surface area contributed by atoms with Crippen molar-refractivity contribution in [3.8, 4) is 0 Å². The van der Waals surface area contributed by atoms with Crippen LogP contribution in [-0.2, 0) is 11.3 Å². The minimum atomic E-state index is -0.261. The molecule has 1 aromatic heterocycles. The van der Waals surface area contributed by atoms with E-state index in [1.54, 1.807) is 13.3 Å². The molecule has 1 heterocycles. The Kier molecular flexibility index (Phi) is 5.24. The molecular weight excluding hydrogens is 292 g/mol. The molecule has 118 valence electrons. The van der Waals surface area contributed by atoms with E-state index >= 15 is 0 Å². The molecule has 2 rings (SSSR count). The summed E-state index contributed by atoms with van der Waals surface area (Å²) in [5.74, 6) is 0. The number of ether oxygens (including phenoxy) is 1. The van der Waals surface area contributed by atoms with Crippen molar-refractivity contribution in [3.63, 3.8) is 0 Å². The molecule has 21 heavy (non-hydrogen) atoms. The molecule has 7 heteroatoms. The number of nitrogens with one attached hydrogen (secondary N) is 1. The molecule has 0 radical (unpaired) electrons. The molecule has 1 aliphatic carbocycles. The molecule has 1 fully saturated rings. The third-order valence-electron chi connectivity index (χ3n) is 4.04. The summed E-state index contributed by atoms with van der Waals surface area (Å²) in [6, 6.07) is 0. The Balaban J connectivity index is 2.04. The van der Waals surface area contributed by atoms with Crippen molar-refractivity contribution >= 4 is 17.3 Å². The van der Waals surface area contributed by atoms with E-state index in [9.17, 15) is 4.79 Å². The van der Waals surface area contributed by atoms with Crippen molar-refractivity contribution in [2.75, 3.05) is 39.6 Å². The highest BCUT2D eigenvalue weighted by atomic mass is 35.5. The Hall–Kier alpha value is -1.11. The number of anilines is 1. The Morgan fingerprint density at radius 3 is 2.76 bits per heavy atom. The smallest absolute Gasteiger partial charge is 0.287 e. The topological polar surface area (TPSA) is 59.4 Å². The van der Waals surface area contributed by atoms with Gasteiger partial charge in [-0.05, 0) is 33.4 Å². The SMILES string of the molecule is COC1(CNc2cnn(CCN(C)C)c(=O)c2Cl)CCC1. The van der Waals surface area contributed by atoms with E-state index < -0.39 is 0 Å². The first kappa shape index (κ1) is 16.3. The van der Waals surface area contributed by atoms with Crippen molar-refractivity contribution < 1.29 is 4.74 Å². The second-order valence-corrected chi connectivity index (χ2v) is 6.18. The maximum absolute atomic E-state index is 12.2. The molecular formula is C14H23ClN4O2. The van der Waals surface area contributed by atoms with Gasteiger partial charge in [0.05, 0.1) is 24.0 Å². The second-order valence-electron chi connectivity index (χ2n) is 5.80. The summed E-state index contributed by atoms with van der Waals surface area (Å²) in [6.07, 6.45) is 4.85. The average Bonchev–Trinajstić information content (AvgIpc) is 2.41. The summed E-state index contributed by atoms with van der Waals surface area (Å²) >= 11 is 6.16. The molecule has 1 saturated carbocycles. The lowest BCUT2D eigenvalue weighted by molar-refractivity contribution is -0.0601. The van der Waals surface area contributed by atoms with E-state index in [0.717, 1.165) is 19.4 Å². The van der Waals surface area contributed by atoms with Gasteiger partial charge < -0.3 is 15.0 Å². The minimum absolute atomic E-state index is 0.122. The van der Waals surface area contributed by atoms with Crippen LogP contribution < -0.4 is 10.9 Å². The molecule has 1 aromatic rings. The molecule has 1 N–H and O–H groups in total. The van der Waals surface area contributed by atoms with E-state index in [1.807, 2.05) is 19.0 Å². The molecule has 0 aliphatic heterocycles. The second kappa shape index (κ2) is 6.77. The van der Waals surface area contributed by atoms with Crippen LogP contribution in [0.1, 0.15) is 19.3 Å². The van der Waals surface area contributed by atoms with Gasteiger partial charge in [0.2, 0.25) is 0 Å². The molecule has 0 amide bonds. The number of nitrogens with zero attached hydrogens (tertiary/aromatic N) is 3. The summed E-state index contributed by atoms with van der Waals surface area (Å²) in [6.45, 7) is 1.91. The highest BCUT2D eigenvalue weighted by molar-refractivity contribution is 6.32. The van der Waals surface area contributed by atoms with Gasteiger partial charge in [-0.25, -0.2) is 4.68 Å². The Bertz CT molecular complexity index is 535. The zero-order valence-electron chi connectivity index (χ0n) is 12.9. The van der Waals surface area contributed by atoms with Crippen LogP contribution in [0.5, 0.6) is 0 Å². The van der Waals surface area contributed by atoms with E-state index in [2.05, 4.69) is 10.4 Å². The summed E-state index contributed by atoms with van der Waals surface area (Å²) in [7, 11) is 5.62. The summed E-state index contributed by atoms with van der Waals surface area (Å²) in [5, 5.41) is 7.56. The lowest BCUT2D eigenvalue weighted by Gasteiger charge is -2.40. The van der Waals surface area contributed by atoms with Gasteiger partial charge in [0.1, 0.15) is 5.02 Å². The van der Waals surface area contributed by atoms with Crippen molar-refractivity contribution in [1.82, 2.24) is 14.7 Å². The summed E-state index contributed by atoms with van der Waals surface area (Å²) in [5.41, 5.74) is 0.193. The van der Waals surface area contributed by atoms with Crippen LogP contribution in [0.3, 0.4) is 0 Å². The quantitative estimate of drug-likeness (QED) is 0.825. The van der Waals surface area contributed by atoms with Crippen molar-refractivity contribution in [2.24, 2.45) is 0 Å². The average molecular weight is 315 g/mol. The highest BCUT2D eigenvalue weighted by Crippen LogP contribution is 2.35. The van der Waals surface area contributed by atoms with Crippen molar-refractivity contribution in [2.45, 2.75) is 31.4 Å². The Morgan fingerprint density at radius 2 is 2.24 bits per heavy atom. The van der Waals surface area contributed by atoms with Gasteiger partial charge in [-0.1, -0.05) is 11.6 Å². The first-order valence-electron chi connectivity index (χ1n) is 7.17. The van der Waals surface area contributed by atoms with Crippen LogP contribution in [0.15, 0.2) is 11.0 Å². The van der Waals surface area contributed by atoms with Crippen LogP contribution >= 0.6 is 11.6 Å². The molecule has 1 aliphatic rings. The Morgan fingerprint density at radius 1 is 1.52 bits per heavy atom. The molecule has 0 bridgehead atoms. The zero-order valence-corrected chi connectivity index (χ0v) is 13.6. The van der Waals surface area contributed by atoms with Gasteiger partial charge in [-0.15, -0.1) is 0 Å². The van der Waals surface area contributed by atoms with Gasteiger partial charge >= 0.3 is 0 Å². The predicted octanol–water partition coefficient (Wildman–Crippen LogP) is 1.44. The number of halogens is 1. The van der Waals surface area contributed by atoms with E-state index in [4.69, 9.17) is 16.3 Å². The number of methoxy groups -OCH3 is 1. The number of rotatable bonds is 7. The third-order valence-corrected chi connectivity index (χ3v) is 4.41. The fourth-order valence-corrected chi connectivity index (χ4v) is 2.54. The first-order chi connectivity index (χ1) is 9.97. The van der Waals surface area contributed by atoms with Gasteiger partial charge in [-0.2, -0.15) is 5.10 Å². The largest absolute Gasteiger partial charge is 0.379 e. The molecule has 0 saturated heterocycles. The fraction of sp³-hybridized carbons (Fsp3) is 0.714. The number of aromatic nitrogens is 2. The van der Waals surface area contributed by atoms with Crippen LogP contribution in [0.2, 0.25) is 5.02 Å². The Labute approximate surface area is 130 Å². The van der Waals surface area contributed by atoms with Gasteiger partial charge in [0, 0.05) is 20.2 Å². The highest BCUT2D eigenvalue weighted by Gasteiger charge is 2.36.